The van der Waals surface area contributed by atoms with Gasteiger partial charge in [-0.05, 0) is 17.7 Å². The van der Waals surface area contributed by atoms with Crippen LogP contribution in [0.5, 0.6) is 5.88 Å². The Morgan fingerprint density at radius 3 is 2.54 bits per heavy atom. The predicted octanol–water partition coefficient (Wildman–Crippen LogP) is 1.48. The fraction of sp³-hybridized carbons (Fsp3) is 0.412. The van der Waals surface area contributed by atoms with Crippen LogP contribution in [0.1, 0.15) is 11.7 Å². The summed E-state index contributed by atoms with van der Waals surface area (Å²) in [5, 5.41) is 10.3. The van der Waals surface area contributed by atoms with Gasteiger partial charge in [-0.3, -0.25) is 4.90 Å². The quantitative estimate of drug-likeness (QED) is 0.895. The van der Waals surface area contributed by atoms with E-state index >= 15 is 0 Å². The second-order valence-electron chi connectivity index (χ2n) is 5.75. The van der Waals surface area contributed by atoms with Crippen LogP contribution in [0.3, 0.4) is 0 Å². The maximum absolute atomic E-state index is 12.9. The molecule has 0 aliphatic carbocycles. The molecule has 2 heterocycles. The van der Waals surface area contributed by atoms with Crippen LogP contribution in [0, 0.1) is 5.82 Å². The molecule has 0 unspecified atom stereocenters. The maximum Gasteiger partial charge on any atom is 0.228 e. The average molecular weight is 332 g/mol. The number of anilines is 1. The van der Waals surface area contributed by atoms with Crippen molar-refractivity contribution in [2.24, 2.45) is 0 Å². The molecule has 1 aliphatic rings. The molecule has 7 heteroatoms. The molecule has 1 aromatic heterocycles. The number of methoxy groups -OCH3 is 1. The maximum atomic E-state index is 12.9. The first-order chi connectivity index (χ1) is 11.7. The minimum atomic E-state index is -0.620. The lowest BCUT2D eigenvalue weighted by Crippen LogP contribution is -2.48. The molecule has 0 radical (unpaired) electrons. The molecule has 1 N–H and O–H groups in total. The molecule has 1 aromatic carbocycles. The number of ether oxygens (including phenoxy) is 1. The summed E-state index contributed by atoms with van der Waals surface area (Å²) in [5.41, 5.74) is 0.731. The topological polar surface area (TPSA) is 61.7 Å². The van der Waals surface area contributed by atoms with Gasteiger partial charge in [0.05, 0.1) is 13.2 Å². The van der Waals surface area contributed by atoms with Crippen LogP contribution in [0.25, 0.3) is 0 Å². The van der Waals surface area contributed by atoms with Crippen molar-refractivity contribution in [2.45, 2.75) is 6.10 Å². The van der Waals surface area contributed by atoms with E-state index in [2.05, 4.69) is 19.8 Å². The van der Waals surface area contributed by atoms with Gasteiger partial charge in [0.25, 0.3) is 0 Å². The predicted molar refractivity (Wildman–Crippen MR) is 88.6 cm³/mol. The van der Waals surface area contributed by atoms with E-state index < -0.39 is 6.10 Å². The van der Waals surface area contributed by atoms with Crippen LogP contribution < -0.4 is 9.64 Å². The lowest BCUT2D eigenvalue weighted by molar-refractivity contribution is 0.109. The largest absolute Gasteiger partial charge is 0.481 e. The standard InChI is InChI=1S/C17H21FN4O2/c1-24-16-6-7-19-17(20-16)22-10-8-21(9-11-22)12-15(23)13-2-4-14(18)5-3-13/h2-7,15,23H,8-12H2,1H3/t15-/m0/s1. The molecule has 1 atom stereocenters. The molecular weight excluding hydrogens is 311 g/mol. The molecule has 0 amide bonds. The van der Waals surface area contributed by atoms with Gasteiger partial charge in [0.1, 0.15) is 5.82 Å². The van der Waals surface area contributed by atoms with Crippen LogP contribution in [-0.2, 0) is 0 Å². The Labute approximate surface area is 140 Å². The zero-order chi connectivity index (χ0) is 16.9. The fourth-order valence-corrected chi connectivity index (χ4v) is 2.76. The Morgan fingerprint density at radius 1 is 1.17 bits per heavy atom. The summed E-state index contributed by atoms with van der Waals surface area (Å²) in [5.74, 6) is 0.917. The Morgan fingerprint density at radius 2 is 1.88 bits per heavy atom. The highest BCUT2D eigenvalue weighted by Gasteiger charge is 2.21. The first-order valence-corrected chi connectivity index (χ1v) is 7.93. The fourth-order valence-electron chi connectivity index (χ4n) is 2.76. The molecule has 1 fully saturated rings. The zero-order valence-corrected chi connectivity index (χ0v) is 13.6. The van der Waals surface area contributed by atoms with E-state index in [1.54, 1.807) is 31.5 Å². The van der Waals surface area contributed by atoms with Crippen molar-refractivity contribution in [3.8, 4) is 5.88 Å². The number of nitrogens with zero attached hydrogens (tertiary/aromatic N) is 4. The van der Waals surface area contributed by atoms with Gasteiger partial charge >= 0.3 is 0 Å². The number of hydrogen-bond donors (Lipinski definition) is 1. The molecule has 6 nitrogen and oxygen atoms in total. The van der Waals surface area contributed by atoms with Crippen molar-refractivity contribution < 1.29 is 14.2 Å². The van der Waals surface area contributed by atoms with E-state index in [0.717, 1.165) is 31.7 Å². The van der Waals surface area contributed by atoms with Crippen LogP contribution >= 0.6 is 0 Å². The van der Waals surface area contributed by atoms with Crippen molar-refractivity contribution in [1.82, 2.24) is 14.9 Å². The van der Waals surface area contributed by atoms with E-state index in [1.165, 1.54) is 12.1 Å². The smallest absolute Gasteiger partial charge is 0.228 e. The molecule has 128 valence electrons. The summed E-state index contributed by atoms with van der Waals surface area (Å²) in [4.78, 5) is 12.9. The Bertz CT molecular complexity index is 660. The molecule has 0 bridgehead atoms. The highest BCUT2D eigenvalue weighted by atomic mass is 19.1. The van der Waals surface area contributed by atoms with Crippen molar-refractivity contribution in [1.29, 1.82) is 0 Å². The minimum absolute atomic E-state index is 0.294. The van der Waals surface area contributed by atoms with Crippen molar-refractivity contribution in [3.63, 3.8) is 0 Å². The number of aromatic nitrogens is 2. The molecule has 0 saturated carbocycles. The zero-order valence-electron chi connectivity index (χ0n) is 13.6. The summed E-state index contributed by atoms with van der Waals surface area (Å²) < 4.78 is 18.1. The van der Waals surface area contributed by atoms with Crippen LogP contribution in [0.15, 0.2) is 36.5 Å². The van der Waals surface area contributed by atoms with E-state index in [1.807, 2.05) is 0 Å². The third kappa shape index (κ3) is 3.98. The van der Waals surface area contributed by atoms with Gasteiger partial charge in [0, 0.05) is 45.0 Å². The lowest BCUT2D eigenvalue weighted by atomic mass is 10.1. The number of halogens is 1. The average Bonchev–Trinajstić information content (AvgIpc) is 2.63. The second-order valence-corrected chi connectivity index (χ2v) is 5.75. The number of aliphatic hydroxyl groups excluding tert-OH is 1. The number of β-amino-alcohol motifs (C(OH)–C–C–N with tert-alkyl or cyclic N) is 1. The first-order valence-electron chi connectivity index (χ1n) is 7.93. The van der Waals surface area contributed by atoms with E-state index in [4.69, 9.17) is 4.74 Å². The third-order valence-electron chi connectivity index (χ3n) is 4.17. The molecule has 24 heavy (non-hydrogen) atoms. The summed E-state index contributed by atoms with van der Waals surface area (Å²) in [7, 11) is 1.58. The SMILES string of the molecule is COc1ccnc(N2CCN(C[C@H](O)c3ccc(F)cc3)CC2)n1. The summed E-state index contributed by atoms with van der Waals surface area (Å²) in [6.45, 7) is 3.70. The summed E-state index contributed by atoms with van der Waals surface area (Å²) in [6, 6.07) is 7.71. The van der Waals surface area contributed by atoms with Gasteiger partial charge in [-0.2, -0.15) is 4.98 Å². The monoisotopic (exact) mass is 332 g/mol. The van der Waals surface area contributed by atoms with Crippen LogP contribution in [0.2, 0.25) is 0 Å². The van der Waals surface area contributed by atoms with E-state index in [-0.39, 0.29) is 5.82 Å². The summed E-state index contributed by atoms with van der Waals surface area (Å²) >= 11 is 0. The molecule has 3 rings (SSSR count). The molecule has 1 saturated heterocycles. The van der Waals surface area contributed by atoms with Crippen molar-refractivity contribution in [2.75, 3.05) is 44.7 Å². The molecule has 1 aliphatic heterocycles. The Hall–Kier alpha value is -2.25. The molecule has 2 aromatic rings. The van der Waals surface area contributed by atoms with Gasteiger partial charge in [0.2, 0.25) is 11.8 Å². The van der Waals surface area contributed by atoms with Gasteiger partial charge in [0.15, 0.2) is 0 Å². The molecular formula is C17H21FN4O2. The van der Waals surface area contributed by atoms with Crippen LogP contribution in [-0.4, -0.2) is 59.8 Å². The highest BCUT2D eigenvalue weighted by molar-refractivity contribution is 5.32. The Balaban J connectivity index is 1.54. The number of hydrogen-bond acceptors (Lipinski definition) is 6. The minimum Gasteiger partial charge on any atom is -0.481 e. The van der Waals surface area contributed by atoms with Gasteiger partial charge in [-0.15, -0.1) is 0 Å². The van der Waals surface area contributed by atoms with Crippen molar-refractivity contribution >= 4 is 5.95 Å². The van der Waals surface area contributed by atoms with E-state index in [9.17, 15) is 9.50 Å². The number of piperazine rings is 1. The first kappa shape index (κ1) is 16.6. The van der Waals surface area contributed by atoms with Gasteiger partial charge in [-0.1, -0.05) is 12.1 Å². The normalized spacial score (nSPS) is 16.9. The Kier molecular flexibility index (Phi) is 5.22. The van der Waals surface area contributed by atoms with Crippen molar-refractivity contribution in [3.05, 3.63) is 47.9 Å². The van der Waals surface area contributed by atoms with E-state index in [0.29, 0.717) is 18.4 Å². The highest BCUT2D eigenvalue weighted by Crippen LogP contribution is 2.18. The lowest BCUT2D eigenvalue weighted by Gasteiger charge is -2.35. The number of aliphatic hydroxyl groups is 1. The summed E-state index contributed by atoms with van der Waals surface area (Å²) in [6.07, 6.45) is 1.07. The van der Waals surface area contributed by atoms with Crippen LogP contribution in [0.4, 0.5) is 10.3 Å². The van der Waals surface area contributed by atoms with Gasteiger partial charge < -0.3 is 14.7 Å². The number of rotatable bonds is 5. The third-order valence-corrected chi connectivity index (χ3v) is 4.17. The second kappa shape index (κ2) is 7.55. The van der Waals surface area contributed by atoms with Gasteiger partial charge in [-0.25, -0.2) is 9.37 Å². The molecule has 0 spiro atoms. The number of benzene rings is 1.